The van der Waals surface area contributed by atoms with Crippen molar-refractivity contribution in [1.82, 2.24) is 15.3 Å². The maximum absolute atomic E-state index is 12.1. The Bertz CT molecular complexity index is 913. The van der Waals surface area contributed by atoms with Crippen molar-refractivity contribution in [2.24, 2.45) is 5.92 Å². The van der Waals surface area contributed by atoms with Gasteiger partial charge in [-0.1, -0.05) is 6.42 Å². The number of hydrogen-bond donors (Lipinski definition) is 4. The number of benzene rings is 1. The monoisotopic (exact) mass is 445 g/mol. The van der Waals surface area contributed by atoms with Crippen LogP contribution in [-0.4, -0.2) is 33.6 Å². The highest BCUT2D eigenvalue weighted by Crippen LogP contribution is 2.34. The Morgan fingerprint density at radius 3 is 2.86 bits per heavy atom. The standard InChI is InChI=1S/C20H24BrN5O2/c1-20(2)14-8-12(6-7-13(14)18(28)26-20)23-19-22-9-15(21)17(25-19)24-16(10-27)11-4-3-5-11/h6-9,11,16,27H,3-5,10H2,1-2H3,(H,26,28)(H2,22,23,24,25). The van der Waals surface area contributed by atoms with E-state index >= 15 is 0 Å². The second-order valence-electron chi connectivity index (χ2n) is 7.98. The van der Waals surface area contributed by atoms with E-state index in [0.717, 1.165) is 28.6 Å². The molecule has 1 saturated carbocycles. The number of anilines is 3. The lowest BCUT2D eigenvalue weighted by molar-refractivity contribution is 0.0940. The summed E-state index contributed by atoms with van der Waals surface area (Å²) in [6, 6.07) is 5.61. The Labute approximate surface area is 172 Å². The SMILES string of the molecule is CC1(C)NC(=O)c2ccc(Nc3ncc(Br)c(NC(CO)C4CCC4)n3)cc21. The number of rotatable bonds is 6. The first-order valence-electron chi connectivity index (χ1n) is 9.51. The van der Waals surface area contributed by atoms with Gasteiger partial charge in [-0.2, -0.15) is 4.98 Å². The molecule has 1 aromatic carbocycles. The van der Waals surface area contributed by atoms with Crippen molar-refractivity contribution >= 4 is 39.3 Å². The zero-order valence-corrected chi connectivity index (χ0v) is 17.5. The summed E-state index contributed by atoms with van der Waals surface area (Å²) in [5.74, 6) is 1.53. The van der Waals surface area contributed by atoms with Crippen molar-refractivity contribution in [2.45, 2.75) is 44.7 Å². The number of carbonyl (C=O) groups is 1. The summed E-state index contributed by atoms with van der Waals surface area (Å²) < 4.78 is 0.751. The maximum atomic E-state index is 12.1. The number of nitrogens with one attached hydrogen (secondary N) is 3. The number of nitrogens with zero attached hydrogens (tertiary/aromatic N) is 2. The molecule has 2 aliphatic rings. The molecule has 1 aromatic heterocycles. The topological polar surface area (TPSA) is 99.2 Å². The van der Waals surface area contributed by atoms with E-state index in [9.17, 15) is 9.90 Å². The van der Waals surface area contributed by atoms with Crippen LogP contribution in [0.15, 0.2) is 28.9 Å². The highest BCUT2D eigenvalue weighted by molar-refractivity contribution is 9.10. The smallest absolute Gasteiger partial charge is 0.252 e. The molecule has 1 aliphatic heterocycles. The van der Waals surface area contributed by atoms with Gasteiger partial charge >= 0.3 is 0 Å². The number of fused-ring (bicyclic) bond motifs is 1. The van der Waals surface area contributed by atoms with Crippen molar-refractivity contribution in [3.63, 3.8) is 0 Å². The Kier molecular flexibility index (Phi) is 5.01. The van der Waals surface area contributed by atoms with Gasteiger partial charge in [-0.05, 0) is 72.3 Å². The molecule has 1 atom stereocenters. The van der Waals surface area contributed by atoms with E-state index in [-0.39, 0.29) is 18.6 Å². The highest BCUT2D eigenvalue weighted by Gasteiger charge is 2.35. The van der Waals surface area contributed by atoms with Crippen molar-refractivity contribution in [3.05, 3.63) is 40.0 Å². The molecule has 8 heteroatoms. The molecule has 0 radical (unpaired) electrons. The van der Waals surface area contributed by atoms with Crippen LogP contribution in [0.3, 0.4) is 0 Å². The Hall–Kier alpha value is -2.19. The summed E-state index contributed by atoms with van der Waals surface area (Å²) in [4.78, 5) is 21.0. The molecule has 2 aromatic rings. The van der Waals surface area contributed by atoms with Gasteiger partial charge in [0.2, 0.25) is 5.95 Å². The minimum absolute atomic E-state index is 0.00863. The molecule has 28 heavy (non-hydrogen) atoms. The molecule has 1 amide bonds. The van der Waals surface area contributed by atoms with Gasteiger partial charge in [0.25, 0.3) is 5.91 Å². The van der Waals surface area contributed by atoms with Gasteiger partial charge in [0.15, 0.2) is 0 Å². The third kappa shape index (κ3) is 3.58. The molecule has 1 unspecified atom stereocenters. The first kappa shape index (κ1) is 19.1. The van der Waals surface area contributed by atoms with E-state index in [4.69, 9.17) is 0 Å². The molecule has 1 aliphatic carbocycles. The van der Waals surface area contributed by atoms with Crippen molar-refractivity contribution in [1.29, 1.82) is 0 Å². The summed E-state index contributed by atoms with van der Waals surface area (Å²) >= 11 is 3.48. The normalized spacial score (nSPS) is 18.8. The number of amides is 1. The molecule has 0 bridgehead atoms. The number of hydrogen-bond acceptors (Lipinski definition) is 6. The number of aliphatic hydroxyl groups excluding tert-OH is 1. The summed E-state index contributed by atoms with van der Waals surface area (Å²) in [5.41, 5.74) is 2.05. The molecule has 1 fully saturated rings. The second-order valence-corrected chi connectivity index (χ2v) is 8.83. The van der Waals surface area contributed by atoms with Gasteiger partial charge in [0.1, 0.15) is 5.82 Å². The highest BCUT2D eigenvalue weighted by atomic mass is 79.9. The van der Waals surface area contributed by atoms with Crippen LogP contribution in [0.5, 0.6) is 0 Å². The van der Waals surface area contributed by atoms with Gasteiger partial charge in [0, 0.05) is 17.4 Å². The average Bonchev–Trinajstić information content (AvgIpc) is 2.84. The van der Waals surface area contributed by atoms with Crippen LogP contribution in [0.4, 0.5) is 17.5 Å². The van der Waals surface area contributed by atoms with Crippen LogP contribution in [0.2, 0.25) is 0 Å². The first-order valence-corrected chi connectivity index (χ1v) is 10.3. The lowest BCUT2D eigenvalue weighted by Gasteiger charge is -2.33. The lowest BCUT2D eigenvalue weighted by atomic mass is 9.80. The first-order chi connectivity index (χ1) is 13.4. The fraction of sp³-hybridized carbons (Fsp3) is 0.450. The number of aliphatic hydroxyl groups is 1. The van der Waals surface area contributed by atoms with E-state index in [1.54, 1.807) is 6.20 Å². The van der Waals surface area contributed by atoms with Crippen LogP contribution in [0.1, 0.15) is 49.0 Å². The molecule has 0 spiro atoms. The average molecular weight is 446 g/mol. The summed E-state index contributed by atoms with van der Waals surface area (Å²) in [6.07, 6.45) is 5.16. The Morgan fingerprint density at radius 2 is 2.18 bits per heavy atom. The van der Waals surface area contributed by atoms with E-state index in [1.165, 1.54) is 6.42 Å². The van der Waals surface area contributed by atoms with E-state index < -0.39 is 5.54 Å². The van der Waals surface area contributed by atoms with Crippen molar-refractivity contribution in [3.8, 4) is 0 Å². The molecular formula is C20H24BrN5O2. The predicted molar refractivity (Wildman–Crippen MR) is 112 cm³/mol. The van der Waals surface area contributed by atoms with Crippen molar-refractivity contribution < 1.29 is 9.90 Å². The minimum Gasteiger partial charge on any atom is -0.394 e. The molecular weight excluding hydrogens is 422 g/mol. The Balaban J connectivity index is 1.55. The van der Waals surface area contributed by atoms with Crippen molar-refractivity contribution in [2.75, 3.05) is 17.2 Å². The number of halogens is 1. The summed E-state index contributed by atoms with van der Waals surface area (Å²) in [5, 5.41) is 19.2. The summed E-state index contributed by atoms with van der Waals surface area (Å²) in [7, 11) is 0. The third-order valence-corrected chi connectivity index (χ3v) is 6.18. The molecule has 0 saturated heterocycles. The van der Waals surface area contributed by atoms with Gasteiger partial charge in [-0.25, -0.2) is 4.98 Å². The summed E-state index contributed by atoms with van der Waals surface area (Å²) in [6.45, 7) is 4.03. The van der Waals surface area contributed by atoms with Crippen LogP contribution in [0, 0.1) is 5.92 Å². The number of carbonyl (C=O) groups excluding carboxylic acids is 1. The fourth-order valence-electron chi connectivity index (χ4n) is 3.74. The van der Waals surface area contributed by atoms with Gasteiger partial charge in [-0.3, -0.25) is 4.79 Å². The van der Waals surface area contributed by atoms with Crippen LogP contribution >= 0.6 is 15.9 Å². The Morgan fingerprint density at radius 1 is 1.39 bits per heavy atom. The maximum Gasteiger partial charge on any atom is 0.252 e. The lowest BCUT2D eigenvalue weighted by Crippen LogP contribution is -2.37. The van der Waals surface area contributed by atoms with Crippen LogP contribution < -0.4 is 16.0 Å². The molecule has 4 N–H and O–H groups in total. The quantitative estimate of drug-likeness (QED) is 0.542. The fourth-order valence-corrected chi connectivity index (χ4v) is 4.05. The minimum atomic E-state index is -0.408. The largest absolute Gasteiger partial charge is 0.394 e. The molecule has 2 heterocycles. The predicted octanol–water partition coefficient (Wildman–Crippen LogP) is 3.53. The zero-order valence-electron chi connectivity index (χ0n) is 15.9. The van der Waals surface area contributed by atoms with E-state index in [2.05, 4.69) is 41.8 Å². The zero-order chi connectivity index (χ0) is 19.9. The van der Waals surface area contributed by atoms with Crippen LogP contribution in [0.25, 0.3) is 0 Å². The second kappa shape index (κ2) is 7.33. The van der Waals surface area contributed by atoms with Gasteiger partial charge < -0.3 is 21.1 Å². The molecule has 4 rings (SSSR count). The molecule has 148 valence electrons. The number of aromatic nitrogens is 2. The third-order valence-electron chi connectivity index (χ3n) is 5.60. The van der Waals surface area contributed by atoms with E-state index in [1.807, 2.05) is 32.0 Å². The van der Waals surface area contributed by atoms with E-state index in [0.29, 0.717) is 23.2 Å². The molecule has 7 nitrogen and oxygen atoms in total. The van der Waals surface area contributed by atoms with Gasteiger partial charge in [0.05, 0.1) is 22.7 Å². The van der Waals surface area contributed by atoms with Crippen LogP contribution in [-0.2, 0) is 5.54 Å². The van der Waals surface area contributed by atoms with Gasteiger partial charge in [-0.15, -0.1) is 0 Å².